The number of azo groups is 1. The molecule has 0 bridgehead atoms. The van der Waals surface area contributed by atoms with Gasteiger partial charge < -0.3 is 10.0 Å². The summed E-state index contributed by atoms with van der Waals surface area (Å²) in [5.74, 6) is 0. The number of benzene rings is 2. The van der Waals surface area contributed by atoms with Crippen molar-refractivity contribution in [3.63, 3.8) is 0 Å². The first kappa shape index (κ1) is 21.1. The number of nitrogens with zero attached hydrogens (tertiary/aromatic N) is 3. The van der Waals surface area contributed by atoms with Gasteiger partial charge >= 0.3 is 0 Å². The highest BCUT2D eigenvalue weighted by Crippen LogP contribution is 2.23. The molecule has 0 saturated heterocycles. The van der Waals surface area contributed by atoms with Gasteiger partial charge in [0.05, 0.1) is 16.3 Å². The fourth-order valence-electron chi connectivity index (χ4n) is 2.59. The van der Waals surface area contributed by atoms with Crippen molar-refractivity contribution < 1.29 is 13.5 Å². The fourth-order valence-corrected chi connectivity index (χ4v) is 3.22. The molecular formula is C20H27N3O3S. The van der Waals surface area contributed by atoms with E-state index in [0.29, 0.717) is 5.69 Å². The van der Waals surface area contributed by atoms with Crippen LogP contribution in [0.15, 0.2) is 63.7 Å². The standard InChI is InChI=1S/C20H27N3O3S/c1-23(15-5-3-4-6-16-24)19-11-7-17(8-12-19)21-22-18-9-13-20(14-10-18)27(2,25)26/h7-14,24H,3-6,15-16H2,1-2H3. The summed E-state index contributed by atoms with van der Waals surface area (Å²) in [6.07, 6.45) is 5.34. The fraction of sp³-hybridized carbons (Fsp3) is 0.400. The van der Waals surface area contributed by atoms with Crippen molar-refractivity contribution in [1.29, 1.82) is 0 Å². The van der Waals surface area contributed by atoms with E-state index in [-0.39, 0.29) is 11.5 Å². The first-order valence-electron chi connectivity index (χ1n) is 9.04. The first-order valence-corrected chi connectivity index (χ1v) is 10.9. The van der Waals surface area contributed by atoms with Gasteiger partial charge in [0, 0.05) is 32.1 Å². The van der Waals surface area contributed by atoms with Gasteiger partial charge in [-0.1, -0.05) is 12.8 Å². The van der Waals surface area contributed by atoms with Gasteiger partial charge in [0.15, 0.2) is 9.84 Å². The lowest BCUT2D eigenvalue weighted by atomic mass is 10.2. The molecule has 0 unspecified atom stereocenters. The number of sulfone groups is 1. The van der Waals surface area contributed by atoms with Crippen LogP contribution in [0.2, 0.25) is 0 Å². The van der Waals surface area contributed by atoms with Gasteiger partial charge in [0.1, 0.15) is 0 Å². The maximum atomic E-state index is 11.5. The molecule has 0 atom stereocenters. The van der Waals surface area contributed by atoms with E-state index in [2.05, 4.69) is 22.2 Å². The van der Waals surface area contributed by atoms with Gasteiger partial charge in [-0.05, 0) is 61.4 Å². The zero-order chi connectivity index (χ0) is 19.7. The van der Waals surface area contributed by atoms with Crippen molar-refractivity contribution in [2.75, 3.05) is 31.4 Å². The number of unbranched alkanes of at least 4 members (excludes halogenated alkanes) is 3. The lowest BCUT2D eigenvalue weighted by Gasteiger charge is -2.19. The number of hydrogen-bond acceptors (Lipinski definition) is 6. The van der Waals surface area contributed by atoms with E-state index >= 15 is 0 Å². The first-order chi connectivity index (χ1) is 12.9. The van der Waals surface area contributed by atoms with E-state index in [9.17, 15) is 8.42 Å². The Labute approximate surface area is 161 Å². The highest BCUT2D eigenvalue weighted by molar-refractivity contribution is 7.90. The number of hydrogen-bond donors (Lipinski definition) is 1. The third kappa shape index (κ3) is 7.11. The van der Waals surface area contributed by atoms with Crippen LogP contribution < -0.4 is 4.90 Å². The second kappa shape index (κ2) is 10.2. The molecule has 1 N–H and O–H groups in total. The molecule has 6 nitrogen and oxygen atoms in total. The Kier molecular flexibility index (Phi) is 7.94. The van der Waals surface area contributed by atoms with Crippen LogP contribution in [0.4, 0.5) is 17.1 Å². The van der Waals surface area contributed by atoms with Gasteiger partial charge in [0.2, 0.25) is 0 Å². The van der Waals surface area contributed by atoms with Crippen molar-refractivity contribution in [3.05, 3.63) is 48.5 Å². The molecule has 0 saturated carbocycles. The average Bonchev–Trinajstić information content (AvgIpc) is 2.66. The van der Waals surface area contributed by atoms with Crippen LogP contribution in [0.3, 0.4) is 0 Å². The third-order valence-electron chi connectivity index (χ3n) is 4.24. The summed E-state index contributed by atoms with van der Waals surface area (Å²) in [7, 11) is -1.14. The highest BCUT2D eigenvalue weighted by atomic mass is 32.2. The summed E-state index contributed by atoms with van der Waals surface area (Å²) >= 11 is 0. The summed E-state index contributed by atoms with van der Waals surface area (Å²) < 4.78 is 22.9. The second-order valence-corrected chi connectivity index (χ2v) is 8.56. The third-order valence-corrected chi connectivity index (χ3v) is 5.37. The minimum atomic E-state index is -3.20. The Morgan fingerprint density at radius 2 is 1.37 bits per heavy atom. The Hall–Kier alpha value is -2.25. The molecule has 0 heterocycles. The predicted octanol–water partition coefficient (Wildman–Crippen LogP) is 4.49. The second-order valence-electron chi connectivity index (χ2n) is 6.54. The van der Waals surface area contributed by atoms with Crippen LogP contribution in [0.25, 0.3) is 0 Å². The quantitative estimate of drug-likeness (QED) is 0.479. The Morgan fingerprint density at radius 3 is 1.89 bits per heavy atom. The molecule has 27 heavy (non-hydrogen) atoms. The van der Waals surface area contributed by atoms with Gasteiger partial charge in [-0.25, -0.2) is 8.42 Å². The Bertz CT molecular complexity index is 832. The van der Waals surface area contributed by atoms with E-state index in [0.717, 1.165) is 43.6 Å². The van der Waals surface area contributed by atoms with E-state index in [4.69, 9.17) is 5.11 Å². The van der Waals surface area contributed by atoms with E-state index in [1.54, 1.807) is 12.1 Å². The molecule has 146 valence electrons. The van der Waals surface area contributed by atoms with Crippen molar-refractivity contribution >= 4 is 26.9 Å². The van der Waals surface area contributed by atoms with E-state index in [1.165, 1.54) is 18.4 Å². The monoisotopic (exact) mass is 389 g/mol. The van der Waals surface area contributed by atoms with E-state index < -0.39 is 9.84 Å². The maximum absolute atomic E-state index is 11.5. The molecule has 2 rings (SSSR count). The van der Waals surface area contributed by atoms with Crippen molar-refractivity contribution in [3.8, 4) is 0 Å². The average molecular weight is 390 g/mol. The Balaban J connectivity index is 1.90. The summed E-state index contributed by atoms with van der Waals surface area (Å²) in [5.41, 5.74) is 2.46. The zero-order valence-corrected chi connectivity index (χ0v) is 16.7. The minimum absolute atomic E-state index is 0.269. The molecule has 0 fully saturated rings. The van der Waals surface area contributed by atoms with Crippen molar-refractivity contribution in [2.45, 2.75) is 30.6 Å². The number of rotatable bonds is 10. The molecule has 0 aliphatic carbocycles. The molecule has 0 aromatic heterocycles. The number of aliphatic hydroxyl groups is 1. The molecule has 0 aliphatic heterocycles. The SMILES string of the molecule is CN(CCCCCCO)c1ccc(N=Nc2ccc(S(C)(=O)=O)cc2)cc1. The molecular weight excluding hydrogens is 362 g/mol. The van der Waals surface area contributed by atoms with Crippen molar-refractivity contribution in [1.82, 2.24) is 0 Å². The van der Waals surface area contributed by atoms with Crippen LogP contribution in [0, 0.1) is 0 Å². The lowest BCUT2D eigenvalue weighted by Crippen LogP contribution is -2.18. The molecule has 7 heteroatoms. The van der Waals surface area contributed by atoms with Gasteiger partial charge in [-0.15, -0.1) is 0 Å². The summed E-state index contributed by atoms with van der Waals surface area (Å²) in [6, 6.07) is 14.2. The maximum Gasteiger partial charge on any atom is 0.175 e. The summed E-state index contributed by atoms with van der Waals surface area (Å²) in [4.78, 5) is 2.47. The number of anilines is 1. The zero-order valence-electron chi connectivity index (χ0n) is 15.9. The van der Waals surface area contributed by atoms with Gasteiger partial charge in [-0.3, -0.25) is 0 Å². The van der Waals surface area contributed by atoms with Crippen LogP contribution in [-0.2, 0) is 9.84 Å². The van der Waals surface area contributed by atoms with Crippen LogP contribution in [-0.4, -0.2) is 40.0 Å². The largest absolute Gasteiger partial charge is 0.396 e. The molecule has 2 aromatic carbocycles. The smallest absolute Gasteiger partial charge is 0.175 e. The topological polar surface area (TPSA) is 82.3 Å². The van der Waals surface area contributed by atoms with Crippen LogP contribution in [0.5, 0.6) is 0 Å². The van der Waals surface area contributed by atoms with Crippen LogP contribution >= 0.6 is 0 Å². The van der Waals surface area contributed by atoms with Gasteiger partial charge in [-0.2, -0.15) is 10.2 Å². The number of aliphatic hydroxyl groups excluding tert-OH is 1. The normalized spacial score (nSPS) is 11.8. The lowest BCUT2D eigenvalue weighted by molar-refractivity contribution is 0.282. The van der Waals surface area contributed by atoms with Crippen LogP contribution in [0.1, 0.15) is 25.7 Å². The van der Waals surface area contributed by atoms with E-state index in [1.807, 2.05) is 24.3 Å². The molecule has 0 aliphatic rings. The molecule has 0 amide bonds. The highest BCUT2D eigenvalue weighted by Gasteiger charge is 2.05. The van der Waals surface area contributed by atoms with Crippen molar-refractivity contribution in [2.24, 2.45) is 10.2 Å². The summed E-state index contributed by atoms with van der Waals surface area (Å²) in [6.45, 7) is 1.24. The minimum Gasteiger partial charge on any atom is -0.396 e. The molecule has 0 spiro atoms. The Morgan fingerprint density at radius 1 is 0.852 bits per heavy atom. The molecule has 2 aromatic rings. The molecule has 0 radical (unpaired) electrons. The summed E-state index contributed by atoms with van der Waals surface area (Å²) in [5, 5.41) is 17.1. The van der Waals surface area contributed by atoms with Gasteiger partial charge in [0.25, 0.3) is 0 Å². The predicted molar refractivity (Wildman–Crippen MR) is 109 cm³/mol.